The molecule has 0 spiro atoms. The molecule has 0 unspecified atom stereocenters. The van der Waals surface area contributed by atoms with Crippen molar-refractivity contribution in [2.75, 3.05) is 0 Å². The highest BCUT2D eigenvalue weighted by molar-refractivity contribution is 5.35. The zero-order chi connectivity index (χ0) is 14.5. The van der Waals surface area contributed by atoms with Crippen molar-refractivity contribution in [2.45, 2.75) is 13.2 Å². The molecular formula is C13H11FN2O4. The second-order valence-corrected chi connectivity index (χ2v) is 4.01. The molecule has 0 saturated heterocycles. The van der Waals surface area contributed by atoms with Crippen molar-refractivity contribution in [3.63, 3.8) is 0 Å². The molecule has 1 aromatic heterocycles. The minimum atomic E-state index is -0.688. The summed E-state index contributed by atoms with van der Waals surface area (Å²) in [6, 6.07) is 6.46. The van der Waals surface area contributed by atoms with E-state index in [1.807, 2.05) is 0 Å². The van der Waals surface area contributed by atoms with Gasteiger partial charge in [0.15, 0.2) is 0 Å². The Morgan fingerprint density at radius 1 is 1.35 bits per heavy atom. The van der Waals surface area contributed by atoms with Gasteiger partial charge in [0, 0.05) is 6.07 Å². The summed E-state index contributed by atoms with van der Waals surface area (Å²) < 4.78 is 18.6. The summed E-state index contributed by atoms with van der Waals surface area (Å²) in [5, 5.41) is 19.5. The van der Waals surface area contributed by atoms with Gasteiger partial charge in [-0.15, -0.1) is 0 Å². The molecule has 0 bridgehead atoms. The monoisotopic (exact) mass is 278 g/mol. The summed E-state index contributed by atoms with van der Waals surface area (Å²) >= 11 is 0. The maximum absolute atomic E-state index is 13.2. The van der Waals surface area contributed by atoms with E-state index in [2.05, 4.69) is 4.98 Å². The Morgan fingerprint density at radius 3 is 2.75 bits per heavy atom. The second kappa shape index (κ2) is 6.07. The SMILES string of the molecule is O=[N+]([O-])c1cc(F)cc(COc2ccc(CO)nc2)c1. The van der Waals surface area contributed by atoms with Crippen molar-refractivity contribution in [1.82, 2.24) is 4.98 Å². The minimum Gasteiger partial charge on any atom is -0.487 e. The van der Waals surface area contributed by atoms with Gasteiger partial charge in [-0.1, -0.05) is 0 Å². The summed E-state index contributed by atoms with van der Waals surface area (Å²) in [6.07, 6.45) is 1.42. The molecule has 0 saturated carbocycles. The molecule has 0 aliphatic heterocycles. The molecular weight excluding hydrogens is 267 g/mol. The van der Waals surface area contributed by atoms with Gasteiger partial charge in [0.05, 0.1) is 29.5 Å². The Labute approximate surface area is 113 Å². The van der Waals surface area contributed by atoms with Crippen LogP contribution in [0, 0.1) is 15.9 Å². The third-order valence-electron chi connectivity index (χ3n) is 2.52. The predicted octanol–water partition coefficient (Wildman–Crippen LogP) is 2.20. The van der Waals surface area contributed by atoms with E-state index >= 15 is 0 Å². The highest BCUT2D eigenvalue weighted by atomic mass is 19.1. The van der Waals surface area contributed by atoms with Crippen LogP contribution in [0.1, 0.15) is 11.3 Å². The van der Waals surface area contributed by atoms with Gasteiger partial charge in [0.2, 0.25) is 0 Å². The number of non-ortho nitro benzene ring substituents is 1. The van der Waals surface area contributed by atoms with E-state index in [1.54, 1.807) is 12.1 Å². The Bertz CT molecular complexity index is 616. The van der Waals surface area contributed by atoms with Gasteiger partial charge in [0.25, 0.3) is 5.69 Å². The number of aromatic nitrogens is 1. The Kier molecular flexibility index (Phi) is 4.21. The molecule has 0 aliphatic rings. The zero-order valence-electron chi connectivity index (χ0n) is 10.3. The molecule has 0 radical (unpaired) electrons. The van der Waals surface area contributed by atoms with E-state index in [0.29, 0.717) is 17.0 Å². The van der Waals surface area contributed by atoms with E-state index in [9.17, 15) is 14.5 Å². The lowest BCUT2D eigenvalue weighted by atomic mass is 10.2. The zero-order valence-corrected chi connectivity index (χ0v) is 10.3. The van der Waals surface area contributed by atoms with Crippen LogP contribution < -0.4 is 4.74 Å². The van der Waals surface area contributed by atoms with Gasteiger partial charge in [-0.2, -0.15) is 0 Å². The van der Waals surface area contributed by atoms with Crippen molar-refractivity contribution in [3.05, 3.63) is 63.7 Å². The molecule has 104 valence electrons. The molecule has 0 aliphatic carbocycles. The molecule has 7 heteroatoms. The topological polar surface area (TPSA) is 85.5 Å². The predicted molar refractivity (Wildman–Crippen MR) is 67.5 cm³/mol. The number of aliphatic hydroxyl groups is 1. The number of hydrogen-bond donors (Lipinski definition) is 1. The lowest BCUT2D eigenvalue weighted by molar-refractivity contribution is -0.385. The molecule has 1 aromatic carbocycles. The van der Waals surface area contributed by atoms with E-state index in [4.69, 9.17) is 9.84 Å². The van der Waals surface area contributed by atoms with Crippen LogP contribution in [0.3, 0.4) is 0 Å². The highest BCUT2D eigenvalue weighted by Gasteiger charge is 2.10. The van der Waals surface area contributed by atoms with E-state index < -0.39 is 10.7 Å². The van der Waals surface area contributed by atoms with Gasteiger partial charge < -0.3 is 9.84 Å². The fraction of sp³-hybridized carbons (Fsp3) is 0.154. The summed E-state index contributed by atoms with van der Waals surface area (Å²) in [4.78, 5) is 13.9. The van der Waals surface area contributed by atoms with Gasteiger partial charge in [0.1, 0.15) is 18.2 Å². The second-order valence-electron chi connectivity index (χ2n) is 4.01. The van der Waals surface area contributed by atoms with Crippen LogP contribution in [-0.4, -0.2) is 15.0 Å². The number of benzene rings is 1. The largest absolute Gasteiger partial charge is 0.487 e. The molecule has 0 atom stereocenters. The van der Waals surface area contributed by atoms with Crippen molar-refractivity contribution < 1.29 is 19.2 Å². The summed E-state index contributed by atoms with van der Waals surface area (Å²) in [6.45, 7) is -0.185. The van der Waals surface area contributed by atoms with Gasteiger partial charge in [-0.05, 0) is 23.8 Å². The lowest BCUT2D eigenvalue weighted by Crippen LogP contribution is -1.99. The quantitative estimate of drug-likeness (QED) is 0.669. The number of ether oxygens (including phenoxy) is 1. The van der Waals surface area contributed by atoms with Crippen LogP contribution >= 0.6 is 0 Å². The first-order valence-electron chi connectivity index (χ1n) is 5.71. The Balaban J connectivity index is 2.08. The Morgan fingerprint density at radius 2 is 2.15 bits per heavy atom. The smallest absolute Gasteiger partial charge is 0.272 e. The van der Waals surface area contributed by atoms with Gasteiger partial charge in [-0.25, -0.2) is 4.39 Å². The number of nitro benzene ring substituents is 1. The summed E-state index contributed by atoms with van der Waals surface area (Å²) in [5.41, 5.74) is 0.527. The van der Waals surface area contributed by atoms with Crippen molar-refractivity contribution in [1.29, 1.82) is 0 Å². The van der Waals surface area contributed by atoms with E-state index in [1.165, 1.54) is 18.3 Å². The first-order chi connectivity index (χ1) is 9.58. The number of rotatable bonds is 5. The van der Waals surface area contributed by atoms with Crippen LogP contribution in [0.5, 0.6) is 5.75 Å². The van der Waals surface area contributed by atoms with Gasteiger partial charge in [-0.3, -0.25) is 15.1 Å². The normalized spacial score (nSPS) is 10.3. The molecule has 2 rings (SSSR count). The third-order valence-corrected chi connectivity index (χ3v) is 2.52. The van der Waals surface area contributed by atoms with E-state index in [0.717, 1.165) is 6.07 Å². The molecule has 1 heterocycles. The highest BCUT2D eigenvalue weighted by Crippen LogP contribution is 2.18. The lowest BCUT2D eigenvalue weighted by Gasteiger charge is -2.06. The number of pyridine rings is 1. The maximum atomic E-state index is 13.2. The fourth-order valence-electron chi connectivity index (χ4n) is 1.58. The number of aliphatic hydroxyl groups excluding tert-OH is 1. The van der Waals surface area contributed by atoms with Crippen molar-refractivity contribution in [3.8, 4) is 5.75 Å². The van der Waals surface area contributed by atoms with Crippen LogP contribution in [0.2, 0.25) is 0 Å². The van der Waals surface area contributed by atoms with Crippen LogP contribution in [-0.2, 0) is 13.2 Å². The van der Waals surface area contributed by atoms with Crippen molar-refractivity contribution in [2.24, 2.45) is 0 Å². The molecule has 20 heavy (non-hydrogen) atoms. The summed E-state index contributed by atoms with van der Waals surface area (Å²) in [7, 11) is 0. The molecule has 2 aromatic rings. The maximum Gasteiger partial charge on any atom is 0.272 e. The molecule has 0 amide bonds. The first kappa shape index (κ1) is 13.9. The standard InChI is InChI=1S/C13H11FN2O4/c14-10-3-9(4-12(5-10)16(18)19)8-20-13-2-1-11(7-17)15-6-13/h1-6,17H,7-8H2. The average Bonchev–Trinajstić information content (AvgIpc) is 2.45. The van der Waals surface area contributed by atoms with Crippen molar-refractivity contribution >= 4 is 5.69 Å². The summed E-state index contributed by atoms with van der Waals surface area (Å²) in [5.74, 6) is -0.263. The van der Waals surface area contributed by atoms with Crippen LogP contribution in [0.15, 0.2) is 36.5 Å². The molecule has 1 N–H and O–H groups in total. The number of nitrogens with zero attached hydrogens (tertiary/aromatic N) is 2. The van der Waals surface area contributed by atoms with Gasteiger partial charge >= 0.3 is 0 Å². The number of nitro groups is 1. The number of halogens is 1. The fourth-order valence-corrected chi connectivity index (χ4v) is 1.58. The van der Waals surface area contributed by atoms with Crippen LogP contribution in [0.4, 0.5) is 10.1 Å². The molecule has 0 fully saturated rings. The Hall–Kier alpha value is -2.54. The number of hydrogen-bond acceptors (Lipinski definition) is 5. The average molecular weight is 278 g/mol. The van der Waals surface area contributed by atoms with E-state index in [-0.39, 0.29) is 18.9 Å². The minimum absolute atomic E-state index is 0.0151. The molecule has 6 nitrogen and oxygen atoms in total. The first-order valence-corrected chi connectivity index (χ1v) is 5.71. The third kappa shape index (κ3) is 3.48. The van der Waals surface area contributed by atoms with Crippen LogP contribution in [0.25, 0.3) is 0 Å².